The highest BCUT2D eigenvalue weighted by atomic mass is 127. The molecule has 0 spiro atoms. The molecule has 6 nitrogen and oxygen atoms in total. The lowest BCUT2D eigenvalue weighted by atomic mass is 10.0. The lowest BCUT2D eigenvalue weighted by molar-refractivity contribution is 0.198. The van der Waals surface area contributed by atoms with Gasteiger partial charge in [-0.15, -0.1) is 24.0 Å². The summed E-state index contributed by atoms with van der Waals surface area (Å²) in [5.74, 6) is 0.912. The summed E-state index contributed by atoms with van der Waals surface area (Å²) >= 11 is 0. The summed E-state index contributed by atoms with van der Waals surface area (Å²) in [6, 6.07) is 13.4. The van der Waals surface area contributed by atoms with E-state index in [1.807, 2.05) is 14.0 Å². The van der Waals surface area contributed by atoms with Crippen molar-refractivity contribution in [1.29, 1.82) is 0 Å². The van der Waals surface area contributed by atoms with Gasteiger partial charge < -0.3 is 10.6 Å². The number of guanidine groups is 1. The summed E-state index contributed by atoms with van der Waals surface area (Å²) in [7, 11) is 1.85. The van der Waals surface area contributed by atoms with Gasteiger partial charge in [-0.05, 0) is 44.7 Å². The molecule has 0 amide bonds. The van der Waals surface area contributed by atoms with Crippen LogP contribution in [0.15, 0.2) is 41.4 Å². The van der Waals surface area contributed by atoms with E-state index in [9.17, 15) is 0 Å². The van der Waals surface area contributed by atoms with Gasteiger partial charge in [0.1, 0.15) is 0 Å². The number of rotatable bonds is 7. The average Bonchev–Trinajstić information content (AvgIpc) is 3.03. The number of benzene rings is 1. The Kier molecular flexibility index (Phi) is 9.93. The van der Waals surface area contributed by atoms with Crippen LogP contribution in [0, 0.1) is 13.8 Å². The van der Waals surface area contributed by atoms with Crippen molar-refractivity contribution in [2.45, 2.75) is 52.2 Å². The van der Waals surface area contributed by atoms with Gasteiger partial charge >= 0.3 is 0 Å². The molecule has 1 saturated heterocycles. The molecule has 0 unspecified atom stereocenters. The van der Waals surface area contributed by atoms with Gasteiger partial charge in [0, 0.05) is 51.5 Å². The minimum absolute atomic E-state index is 0. The minimum atomic E-state index is 0. The summed E-state index contributed by atoms with van der Waals surface area (Å²) in [6.45, 7) is 9.28. The molecule has 2 aromatic rings. The molecular formula is C22H35IN6. The molecule has 7 heteroatoms. The van der Waals surface area contributed by atoms with Gasteiger partial charge in [-0.1, -0.05) is 30.3 Å². The first-order valence-electron chi connectivity index (χ1n) is 10.4. The van der Waals surface area contributed by atoms with Crippen LogP contribution in [0.4, 0.5) is 0 Å². The Hall–Kier alpha value is -1.61. The second kappa shape index (κ2) is 12.2. The first kappa shape index (κ1) is 23.7. The Balaban J connectivity index is 0.00000300. The largest absolute Gasteiger partial charge is 0.356 e. The highest BCUT2D eigenvalue weighted by Gasteiger charge is 2.19. The fourth-order valence-electron chi connectivity index (χ4n) is 3.80. The van der Waals surface area contributed by atoms with Gasteiger partial charge in [0.15, 0.2) is 5.96 Å². The second-order valence-electron chi connectivity index (χ2n) is 7.68. The Morgan fingerprint density at radius 2 is 1.90 bits per heavy atom. The molecule has 0 radical (unpaired) electrons. The molecule has 1 aliphatic heterocycles. The molecule has 0 bridgehead atoms. The number of aryl methyl sites for hydroxylation is 3. The maximum absolute atomic E-state index is 4.52. The van der Waals surface area contributed by atoms with Crippen LogP contribution in [0.5, 0.6) is 0 Å². The standard InChI is InChI=1S/C22H34N6.HI/c1-18-16-19(2)28(26-18)13-7-12-24-22(23-3)25-21-10-14-27(15-11-21)17-20-8-5-4-6-9-20;/h4-6,8-9,16,21H,7,10-15,17H2,1-3H3,(H2,23,24,25);1H. The van der Waals surface area contributed by atoms with E-state index < -0.39 is 0 Å². The molecule has 1 fully saturated rings. The van der Waals surface area contributed by atoms with E-state index in [2.05, 4.69) is 73.6 Å². The molecule has 2 heterocycles. The van der Waals surface area contributed by atoms with Gasteiger partial charge in [-0.25, -0.2) is 0 Å². The third-order valence-corrected chi connectivity index (χ3v) is 5.34. The van der Waals surface area contributed by atoms with Crippen molar-refractivity contribution < 1.29 is 0 Å². The summed E-state index contributed by atoms with van der Waals surface area (Å²) in [6.07, 6.45) is 3.33. The molecule has 1 aromatic heterocycles. The number of likely N-dealkylation sites (tertiary alicyclic amines) is 1. The van der Waals surface area contributed by atoms with Gasteiger partial charge in [0.2, 0.25) is 0 Å². The molecule has 2 N–H and O–H groups in total. The second-order valence-corrected chi connectivity index (χ2v) is 7.68. The van der Waals surface area contributed by atoms with E-state index in [1.165, 1.54) is 11.3 Å². The molecule has 3 rings (SSSR count). The van der Waals surface area contributed by atoms with Crippen molar-refractivity contribution in [3.63, 3.8) is 0 Å². The maximum Gasteiger partial charge on any atom is 0.191 e. The van der Waals surface area contributed by atoms with Gasteiger partial charge in [-0.3, -0.25) is 14.6 Å². The summed E-state index contributed by atoms with van der Waals surface area (Å²) < 4.78 is 2.08. The monoisotopic (exact) mass is 510 g/mol. The summed E-state index contributed by atoms with van der Waals surface area (Å²) in [5.41, 5.74) is 3.71. The van der Waals surface area contributed by atoms with Crippen LogP contribution in [0.3, 0.4) is 0 Å². The minimum Gasteiger partial charge on any atom is -0.356 e. The Morgan fingerprint density at radius 3 is 2.52 bits per heavy atom. The van der Waals surface area contributed by atoms with E-state index in [-0.39, 0.29) is 24.0 Å². The molecule has 0 saturated carbocycles. The van der Waals surface area contributed by atoms with Crippen LogP contribution < -0.4 is 10.6 Å². The molecule has 29 heavy (non-hydrogen) atoms. The Bertz CT molecular complexity index is 750. The quantitative estimate of drug-likeness (QED) is 0.260. The first-order chi connectivity index (χ1) is 13.6. The number of hydrogen-bond donors (Lipinski definition) is 2. The zero-order valence-electron chi connectivity index (χ0n) is 17.9. The highest BCUT2D eigenvalue weighted by molar-refractivity contribution is 14.0. The van der Waals surface area contributed by atoms with E-state index in [4.69, 9.17) is 0 Å². The Morgan fingerprint density at radius 1 is 1.17 bits per heavy atom. The number of halogens is 1. The van der Waals surface area contributed by atoms with Crippen molar-refractivity contribution in [3.8, 4) is 0 Å². The van der Waals surface area contributed by atoms with Crippen LogP contribution in [-0.2, 0) is 13.1 Å². The van der Waals surface area contributed by atoms with Gasteiger partial charge in [-0.2, -0.15) is 5.10 Å². The number of aliphatic imine (C=N–C) groups is 1. The van der Waals surface area contributed by atoms with E-state index >= 15 is 0 Å². The smallest absolute Gasteiger partial charge is 0.191 e. The van der Waals surface area contributed by atoms with Crippen molar-refractivity contribution >= 4 is 29.9 Å². The van der Waals surface area contributed by atoms with Crippen molar-refractivity contribution in [3.05, 3.63) is 53.3 Å². The van der Waals surface area contributed by atoms with Crippen LogP contribution in [-0.4, -0.2) is 53.4 Å². The molecule has 160 valence electrons. The number of hydrogen-bond acceptors (Lipinski definition) is 3. The lowest BCUT2D eigenvalue weighted by Gasteiger charge is -2.33. The molecule has 1 aromatic carbocycles. The lowest BCUT2D eigenvalue weighted by Crippen LogP contribution is -2.48. The molecule has 0 atom stereocenters. The van der Waals surface area contributed by atoms with Crippen molar-refractivity contribution in [1.82, 2.24) is 25.3 Å². The topological polar surface area (TPSA) is 57.5 Å². The summed E-state index contributed by atoms with van der Waals surface area (Å²) in [5, 5.41) is 11.6. The number of nitrogens with one attached hydrogen (secondary N) is 2. The Labute approximate surface area is 192 Å². The average molecular weight is 510 g/mol. The zero-order valence-corrected chi connectivity index (χ0v) is 20.2. The predicted molar refractivity (Wildman–Crippen MR) is 131 cm³/mol. The van der Waals surface area contributed by atoms with Crippen LogP contribution in [0.1, 0.15) is 36.2 Å². The number of nitrogens with zero attached hydrogens (tertiary/aromatic N) is 4. The van der Waals surface area contributed by atoms with Crippen molar-refractivity contribution in [2.24, 2.45) is 4.99 Å². The fraction of sp³-hybridized carbons (Fsp3) is 0.545. The van der Waals surface area contributed by atoms with Crippen molar-refractivity contribution in [2.75, 3.05) is 26.7 Å². The van der Waals surface area contributed by atoms with Gasteiger partial charge in [0.05, 0.1) is 5.69 Å². The predicted octanol–water partition coefficient (Wildman–Crippen LogP) is 3.34. The van der Waals surface area contributed by atoms with Gasteiger partial charge in [0.25, 0.3) is 0 Å². The van der Waals surface area contributed by atoms with E-state index in [1.54, 1.807) is 0 Å². The third kappa shape index (κ3) is 7.62. The van der Waals surface area contributed by atoms with Crippen LogP contribution in [0.2, 0.25) is 0 Å². The third-order valence-electron chi connectivity index (χ3n) is 5.34. The highest BCUT2D eigenvalue weighted by Crippen LogP contribution is 2.13. The first-order valence-corrected chi connectivity index (χ1v) is 10.4. The molecule has 0 aliphatic carbocycles. The normalized spacial score (nSPS) is 15.8. The fourth-order valence-corrected chi connectivity index (χ4v) is 3.80. The van der Waals surface area contributed by atoms with E-state index in [0.717, 1.165) is 63.6 Å². The molecule has 1 aliphatic rings. The number of aromatic nitrogens is 2. The maximum atomic E-state index is 4.52. The zero-order chi connectivity index (χ0) is 19.8. The van der Waals surface area contributed by atoms with Crippen LogP contribution >= 0.6 is 24.0 Å². The van der Waals surface area contributed by atoms with Crippen LogP contribution in [0.25, 0.3) is 0 Å². The summed E-state index contributed by atoms with van der Waals surface area (Å²) in [4.78, 5) is 6.93. The molecular weight excluding hydrogens is 475 g/mol. The SMILES string of the molecule is CN=C(NCCCn1nc(C)cc1C)NC1CCN(Cc2ccccc2)CC1.I. The number of piperidine rings is 1. The van der Waals surface area contributed by atoms with E-state index in [0.29, 0.717) is 6.04 Å².